The molecule has 1 saturated carbocycles. The second-order valence-electron chi connectivity index (χ2n) is 5.27. The lowest BCUT2D eigenvalue weighted by molar-refractivity contribution is 0.175. The van der Waals surface area contributed by atoms with Crippen molar-refractivity contribution >= 4 is 15.9 Å². The van der Waals surface area contributed by atoms with Gasteiger partial charge in [-0.05, 0) is 39.0 Å². The summed E-state index contributed by atoms with van der Waals surface area (Å²) in [7, 11) is -3.18. The molecule has 0 aromatic heterocycles. The van der Waals surface area contributed by atoms with Gasteiger partial charge in [-0.25, -0.2) is 13.2 Å². The van der Waals surface area contributed by atoms with Crippen LogP contribution in [0.5, 0.6) is 0 Å². The average Bonchev–Trinajstić information content (AvgIpc) is 2.21. The zero-order chi connectivity index (χ0) is 13.9. The van der Waals surface area contributed by atoms with Gasteiger partial charge >= 0.3 is 6.09 Å². The van der Waals surface area contributed by atoms with Gasteiger partial charge in [-0.1, -0.05) is 0 Å². The summed E-state index contributed by atoms with van der Waals surface area (Å²) in [6, 6.07) is -0.347. The SMILES string of the molecule is CC(C)S(=O)(=O)CC1C[C@H](N)CCC1NC(=O)O. The number of sulfone groups is 1. The number of carbonyl (C=O) groups is 1. The van der Waals surface area contributed by atoms with Gasteiger partial charge in [0.25, 0.3) is 0 Å². The summed E-state index contributed by atoms with van der Waals surface area (Å²) in [5.41, 5.74) is 5.84. The molecule has 0 aliphatic heterocycles. The van der Waals surface area contributed by atoms with Crippen LogP contribution in [0.25, 0.3) is 0 Å². The van der Waals surface area contributed by atoms with Crippen LogP contribution in [0.15, 0.2) is 0 Å². The first-order chi connectivity index (χ1) is 8.22. The van der Waals surface area contributed by atoms with Crippen molar-refractivity contribution < 1.29 is 18.3 Å². The highest BCUT2D eigenvalue weighted by Gasteiger charge is 2.34. The third-order valence-corrected chi connectivity index (χ3v) is 5.83. The van der Waals surface area contributed by atoms with Crippen LogP contribution < -0.4 is 11.1 Å². The molecule has 0 heterocycles. The summed E-state index contributed by atoms with van der Waals surface area (Å²) >= 11 is 0. The predicted octanol–water partition coefficient (Wildman–Crippen LogP) is 0.573. The van der Waals surface area contributed by atoms with E-state index in [2.05, 4.69) is 5.32 Å². The lowest BCUT2D eigenvalue weighted by atomic mass is 9.83. The van der Waals surface area contributed by atoms with Crippen LogP contribution in [0.4, 0.5) is 4.79 Å². The molecule has 1 aliphatic carbocycles. The molecule has 0 spiro atoms. The Morgan fingerprint density at radius 2 is 2.06 bits per heavy atom. The average molecular weight is 278 g/mol. The molecule has 0 aromatic carbocycles. The molecule has 0 aromatic rings. The highest BCUT2D eigenvalue weighted by molar-refractivity contribution is 7.91. The number of hydrogen-bond acceptors (Lipinski definition) is 4. The Labute approximate surface area is 108 Å². The van der Waals surface area contributed by atoms with Crippen LogP contribution in [0, 0.1) is 5.92 Å². The largest absolute Gasteiger partial charge is 0.465 e. The maximum Gasteiger partial charge on any atom is 0.404 e. The minimum Gasteiger partial charge on any atom is -0.465 e. The van der Waals surface area contributed by atoms with Gasteiger partial charge in [0.1, 0.15) is 0 Å². The molecule has 18 heavy (non-hydrogen) atoms. The van der Waals surface area contributed by atoms with E-state index in [0.717, 1.165) is 6.42 Å². The zero-order valence-corrected chi connectivity index (χ0v) is 11.6. The van der Waals surface area contributed by atoms with E-state index >= 15 is 0 Å². The molecule has 0 bridgehead atoms. The number of nitrogens with one attached hydrogen (secondary N) is 1. The van der Waals surface area contributed by atoms with Crippen molar-refractivity contribution in [2.24, 2.45) is 11.7 Å². The van der Waals surface area contributed by atoms with Gasteiger partial charge in [0, 0.05) is 12.1 Å². The van der Waals surface area contributed by atoms with Crippen LogP contribution in [-0.4, -0.2) is 42.7 Å². The molecule has 106 valence electrons. The van der Waals surface area contributed by atoms with Gasteiger partial charge in [0.05, 0.1) is 11.0 Å². The molecule has 6 nitrogen and oxygen atoms in total. The quantitative estimate of drug-likeness (QED) is 0.696. The van der Waals surface area contributed by atoms with E-state index in [1.165, 1.54) is 0 Å². The van der Waals surface area contributed by atoms with E-state index in [9.17, 15) is 13.2 Å². The van der Waals surface area contributed by atoms with E-state index in [4.69, 9.17) is 10.8 Å². The van der Waals surface area contributed by atoms with Crippen LogP contribution in [0.2, 0.25) is 0 Å². The number of hydrogen-bond donors (Lipinski definition) is 3. The predicted molar refractivity (Wildman–Crippen MR) is 69.2 cm³/mol. The summed E-state index contributed by atoms with van der Waals surface area (Å²) in [5.74, 6) is -0.221. The molecule has 1 fully saturated rings. The summed E-state index contributed by atoms with van der Waals surface area (Å²) in [5, 5.41) is 10.7. The molecule has 3 atom stereocenters. The van der Waals surface area contributed by atoms with E-state index in [0.29, 0.717) is 12.8 Å². The Balaban J connectivity index is 2.76. The third-order valence-electron chi connectivity index (χ3n) is 3.50. The van der Waals surface area contributed by atoms with Gasteiger partial charge in [-0.15, -0.1) is 0 Å². The molecule has 4 N–H and O–H groups in total. The van der Waals surface area contributed by atoms with Crippen LogP contribution in [0.1, 0.15) is 33.1 Å². The Hall–Kier alpha value is -0.820. The standard InChI is InChI=1S/C11H22N2O4S/c1-7(2)18(16,17)6-8-5-9(12)3-4-10(8)13-11(14)15/h7-10,13H,3-6,12H2,1-2H3,(H,14,15)/t8?,9-,10?/m1/s1. The van der Waals surface area contributed by atoms with Gasteiger partial charge in [-0.2, -0.15) is 0 Å². The minimum absolute atomic E-state index is 0.00329. The molecule has 0 radical (unpaired) electrons. The normalized spacial score (nSPS) is 29.2. The van der Waals surface area contributed by atoms with Gasteiger partial charge in [-0.3, -0.25) is 0 Å². The van der Waals surface area contributed by atoms with Crippen molar-refractivity contribution in [3.05, 3.63) is 0 Å². The van der Waals surface area contributed by atoms with Crippen molar-refractivity contribution in [1.29, 1.82) is 0 Å². The highest BCUT2D eigenvalue weighted by atomic mass is 32.2. The summed E-state index contributed by atoms with van der Waals surface area (Å²) in [6.07, 6.45) is 0.772. The Morgan fingerprint density at radius 1 is 1.44 bits per heavy atom. The maximum absolute atomic E-state index is 11.9. The van der Waals surface area contributed by atoms with Crippen molar-refractivity contribution in [3.8, 4) is 0 Å². The molecular formula is C11H22N2O4S. The third kappa shape index (κ3) is 4.13. The van der Waals surface area contributed by atoms with E-state index in [1.807, 2.05) is 0 Å². The zero-order valence-electron chi connectivity index (χ0n) is 10.8. The number of amides is 1. The van der Waals surface area contributed by atoms with Crippen molar-refractivity contribution in [3.63, 3.8) is 0 Å². The second-order valence-corrected chi connectivity index (χ2v) is 7.87. The van der Waals surface area contributed by atoms with Crippen molar-refractivity contribution in [2.75, 3.05) is 5.75 Å². The number of carboxylic acid groups (broad SMARTS) is 1. The summed E-state index contributed by atoms with van der Waals surface area (Å²) in [4.78, 5) is 10.7. The summed E-state index contributed by atoms with van der Waals surface area (Å²) in [6.45, 7) is 3.27. The molecule has 1 aliphatic rings. The number of nitrogens with two attached hydrogens (primary N) is 1. The van der Waals surface area contributed by atoms with Gasteiger partial charge in [0.15, 0.2) is 9.84 Å². The van der Waals surface area contributed by atoms with Gasteiger partial charge < -0.3 is 16.2 Å². The monoisotopic (exact) mass is 278 g/mol. The van der Waals surface area contributed by atoms with E-state index in [-0.39, 0.29) is 23.8 Å². The molecular weight excluding hydrogens is 256 g/mol. The highest BCUT2D eigenvalue weighted by Crippen LogP contribution is 2.26. The smallest absolute Gasteiger partial charge is 0.404 e. The molecule has 1 rings (SSSR count). The van der Waals surface area contributed by atoms with Gasteiger partial charge in [0.2, 0.25) is 0 Å². The minimum atomic E-state index is -3.18. The van der Waals surface area contributed by atoms with Crippen LogP contribution in [0.3, 0.4) is 0 Å². The fraction of sp³-hybridized carbons (Fsp3) is 0.909. The Bertz CT molecular complexity index is 394. The fourth-order valence-electron chi connectivity index (χ4n) is 2.32. The Kier molecular flexibility index (Phi) is 4.98. The topological polar surface area (TPSA) is 109 Å². The lowest BCUT2D eigenvalue weighted by Crippen LogP contribution is -2.48. The first kappa shape index (κ1) is 15.2. The molecule has 0 saturated heterocycles. The molecule has 1 amide bonds. The lowest BCUT2D eigenvalue weighted by Gasteiger charge is -2.34. The van der Waals surface area contributed by atoms with Crippen molar-refractivity contribution in [1.82, 2.24) is 5.32 Å². The van der Waals surface area contributed by atoms with E-state index < -0.39 is 21.2 Å². The van der Waals surface area contributed by atoms with Crippen LogP contribution >= 0.6 is 0 Å². The first-order valence-corrected chi connectivity index (χ1v) is 7.90. The molecule has 7 heteroatoms. The Morgan fingerprint density at radius 3 is 2.56 bits per heavy atom. The van der Waals surface area contributed by atoms with Crippen molar-refractivity contribution in [2.45, 2.75) is 50.4 Å². The maximum atomic E-state index is 11.9. The number of rotatable bonds is 4. The van der Waals surface area contributed by atoms with Crippen LogP contribution in [-0.2, 0) is 9.84 Å². The van der Waals surface area contributed by atoms with E-state index in [1.54, 1.807) is 13.8 Å². The fourth-order valence-corrected chi connectivity index (χ4v) is 3.67. The summed E-state index contributed by atoms with van der Waals surface area (Å²) < 4.78 is 23.8. The molecule has 2 unspecified atom stereocenters. The first-order valence-electron chi connectivity index (χ1n) is 6.19. The second kappa shape index (κ2) is 5.88.